The lowest BCUT2D eigenvalue weighted by Crippen LogP contribution is -2.42. The van der Waals surface area contributed by atoms with E-state index in [0.29, 0.717) is 6.04 Å². The van der Waals surface area contributed by atoms with Crippen molar-refractivity contribution in [2.45, 2.75) is 39.7 Å². The number of carbonyl (C=O) groups is 1. The Labute approximate surface area is 92.8 Å². The molecule has 15 heavy (non-hydrogen) atoms. The summed E-state index contributed by atoms with van der Waals surface area (Å²) in [6.07, 6.45) is 2.67. The zero-order valence-electron chi connectivity index (χ0n) is 10.5. The van der Waals surface area contributed by atoms with Gasteiger partial charge in [-0.05, 0) is 46.6 Å². The number of esters is 1. The number of nitrogens with zero attached hydrogens (tertiary/aromatic N) is 1. The summed E-state index contributed by atoms with van der Waals surface area (Å²) >= 11 is 0. The Bertz CT molecular complexity index is 234. The Morgan fingerprint density at radius 2 is 2.07 bits per heavy atom. The highest BCUT2D eigenvalue weighted by Gasteiger charge is 2.35. The molecule has 1 unspecified atom stereocenters. The summed E-state index contributed by atoms with van der Waals surface area (Å²) in [7, 11) is 3.54. The molecule has 0 aliphatic heterocycles. The van der Waals surface area contributed by atoms with Crippen molar-refractivity contribution in [3.63, 3.8) is 0 Å². The molecule has 1 aliphatic rings. The molecule has 0 heterocycles. The highest BCUT2D eigenvalue weighted by atomic mass is 16.5. The minimum absolute atomic E-state index is 0.127. The minimum atomic E-state index is -0.410. The van der Waals surface area contributed by atoms with Crippen LogP contribution in [0.2, 0.25) is 0 Å². The van der Waals surface area contributed by atoms with Crippen molar-refractivity contribution in [2.75, 3.05) is 20.7 Å². The van der Waals surface area contributed by atoms with Gasteiger partial charge < -0.3 is 9.64 Å². The fraction of sp³-hybridized carbons (Fsp3) is 0.917. The van der Waals surface area contributed by atoms with E-state index in [4.69, 9.17) is 4.74 Å². The zero-order chi connectivity index (χ0) is 11.6. The van der Waals surface area contributed by atoms with Crippen molar-refractivity contribution in [1.82, 2.24) is 4.90 Å². The van der Waals surface area contributed by atoms with Crippen molar-refractivity contribution >= 4 is 5.97 Å². The Kier molecular flexibility index (Phi) is 3.77. The highest BCUT2D eigenvalue weighted by Crippen LogP contribution is 2.35. The van der Waals surface area contributed by atoms with Crippen LogP contribution in [0, 0.1) is 11.3 Å². The van der Waals surface area contributed by atoms with Crippen molar-refractivity contribution in [3.8, 4) is 0 Å². The van der Waals surface area contributed by atoms with Crippen LogP contribution in [0.1, 0.15) is 33.6 Å². The van der Waals surface area contributed by atoms with E-state index >= 15 is 0 Å². The molecule has 1 fully saturated rings. The molecular weight excluding hydrogens is 190 g/mol. The molecule has 0 aromatic heterocycles. The Morgan fingerprint density at radius 1 is 1.53 bits per heavy atom. The molecule has 0 bridgehead atoms. The van der Waals surface area contributed by atoms with E-state index in [2.05, 4.69) is 18.9 Å². The number of hydrogen-bond acceptors (Lipinski definition) is 3. The number of rotatable bonds is 5. The number of methoxy groups -OCH3 is 1. The summed E-state index contributed by atoms with van der Waals surface area (Å²) in [6, 6.07) is 0.578. The van der Waals surface area contributed by atoms with Crippen LogP contribution < -0.4 is 0 Å². The first-order chi connectivity index (χ1) is 6.88. The molecule has 0 aromatic rings. The molecule has 0 radical (unpaired) electrons. The molecule has 0 amide bonds. The predicted molar refractivity (Wildman–Crippen MR) is 60.6 cm³/mol. The van der Waals surface area contributed by atoms with Crippen LogP contribution in [0.4, 0.5) is 0 Å². The zero-order valence-corrected chi connectivity index (χ0v) is 10.5. The van der Waals surface area contributed by atoms with Crippen molar-refractivity contribution < 1.29 is 9.53 Å². The smallest absolute Gasteiger partial charge is 0.312 e. The van der Waals surface area contributed by atoms with Crippen LogP contribution in [0.25, 0.3) is 0 Å². The Morgan fingerprint density at radius 3 is 2.47 bits per heavy atom. The average Bonchev–Trinajstić information content (AvgIpc) is 2.97. The third kappa shape index (κ3) is 3.20. The molecule has 1 rings (SSSR count). The predicted octanol–water partition coefficient (Wildman–Crippen LogP) is 1.92. The maximum Gasteiger partial charge on any atom is 0.312 e. The monoisotopic (exact) mass is 213 g/mol. The summed E-state index contributed by atoms with van der Waals surface area (Å²) in [4.78, 5) is 13.8. The third-order valence-corrected chi connectivity index (χ3v) is 3.38. The van der Waals surface area contributed by atoms with E-state index in [9.17, 15) is 4.79 Å². The number of ether oxygens (including phenoxy) is 1. The molecule has 0 N–H and O–H groups in total. The van der Waals surface area contributed by atoms with Crippen LogP contribution in [-0.2, 0) is 9.53 Å². The molecule has 0 aromatic carbocycles. The third-order valence-electron chi connectivity index (χ3n) is 3.38. The van der Waals surface area contributed by atoms with Gasteiger partial charge in [0.15, 0.2) is 0 Å². The summed E-state index contributed by atoms with van der Waals surface area (Å²) < 4.78 is 4.81. The van der Waals surface area contributed by atoms with E-state index in [1.165, 1.54) is 20.0 Å². The summed E-state index contributed by atoms with van der Waals surface area (Å²) in [5.74, 6) is 0.709. The molecule has 0 spiro atoms. The van der Waals surface area contributed by atoms with Crippen LogP contribution in [0.5, 0.6) is 0 Å². The first kappa shape index (κ1) is 12.5. The summed E-state index contributed by atoms with van der Waals surface area (Å²) in [6.45, 7) is 6.88. The van der Waals surface area contributed by atoms with Crippen molar-refractivity contribution in [1.29, 1.82) is 0 Å². The fourth-order valence-corrected chi connectivity index (χ4v) is 2.05. The van der Waals surface area contributed by atoms with E-state index in [1.54, 1.807) is 0 Å². The molecule has 0 saturated heterocycles. The molecule has 3 nitrogen and oxygen atoms in total. The fourth-order valence-electron chi connectivity index (χ4n) is 2.05. The molecule has 3 heteroatoms. The normalized spacial score (nSPS) is 19.1. The molecular formula is C12H23NO2. The van der Waals surface area contributed by atoms with E-state index in [0.717, 1.165) is 12.5 Å². The molecule has 1 saturated carbocycles. The van der Waals surface area contributed by atoms with Gasteiger partial charge in [0, 0.05) is 12.6 Å². The van der Waals surface area contributed by atoms with Crippen LogP contribution in [0.3, 0.4) is 0 Å². The van der Waals surface area contributed by atoms with Gasteiger partial charge in [0.2, 0.25) is 0 Å². The van der Waals surface area contributed by atoms with Gasteiger partial charge >= 0.3 is 5.97 Å². The number of carbonyl (C=O) groups excluding carboxylic acids is 1. The van der Waals surface area contributed by atoms with E-state index < -0.39 is 5.41 Å². The quantitative estimate of drug-likeness (QED) is 0.653. The maximum absolute atomic E-state index is 11.5. The lowest BCUT2D eigenvalue weighted by Gasteiger charge is -2.32. The van der Waals surface area contributed by atoms with Crippen molar-refractivity contribution in [3.05, 3.63) is 0 Å². The lowest BCUT2D eigenvalue weighted by molar-refractivity contribution is -0.151. The van der Waals surface area contributed by atoms with Crippen LogP contribution in [0.15, 0.2) is 0 Å². The topological polar surface area (TPSA) is 29.5 Å². The van der Waals surface area contributed by atoms with Gasteiger partial charge in [-0.3, -0.25) is 4.79 Å². The largest absolute Gasteiger partial charge is 0.469 e. The minimum Gasteiger partial charge on any atom is -0.469 e. The van der Waals surface area contributed by atoms with Crippen LogP contribution >= 0.6 is 0 Å². The first-order valence-electron chi connectivity index (χ1n) is 5.67. The van der Waals surface area contributed by atoms with Crippen LogP contribution in [-0.4, -0.2) is 37.6 Å². The maximum atomic E-state index is 11.5. The van der Waals surface area contributed by atoms with Gasteiger partial charge in [0.05, 0.1) is 12.5 Å². The highest BCUT2D eigenvalue weighted by molar-refractivity contribution is 5.76. The number of hydrogen-bond donors (Lipinski definition) is 0. The first-order valence-corrected chi connectivity index (χ1v) is 5.67. The Hall–Kier alpha value is -0.570. The summed E-state index contributed by atoms with van der Waals surface area (Å²) in [5, 5.41) is 0. The second-order valence-electron chi connectivity index (χ2n) is 5.37. The van der Waals surface area contributed by atoms with E-state index in [1.807, 2.05) is 13.8 Å². The SMILES string of the molecule is COC(=O)C(C)(C)CN(C)C(C)C1CC1. The van der Waals surface area contributed by atoms with Gasteiger partial charge in [0.25, 0.3) is 0 Å². The standard InChI is InChI=1S/C12H23NO2/c1-9(10-6-7-10)13(4)8-12(2,3)11(14)15-5/h9-10H,6-8H2,1-5H3. The second kappa shape index (κ2) is 4.52. The second-order valence-corrected chi connectivity index (χ2v) is 5.37. The average molecular weight is 213 g/mol. The molecule has 1 aliphatic carbocycles. The van der Waals surface area contributed by atoms with E-state index in [-0.39, 0.29) is 5.97 Å². The van der Waals surface area contributed by atoms with Gasteiger partial charge in [-0.25, -0.2) is 0 Å². The lowest BCUT2D eigenvalue weighted by atomic mass is 9.92. The van der Waals surface area contributed by atoms with Gasteiger partial charge in [-0.15, -0.1) is 0 Å². The van der Waals surface area contributed by atoms with Gasteiger partial charge in [-0.1, -0.05) is 0 Å². The summed E-state index contributed by atoms with van der Waals surface area (Å²) in [5.41, 5.74) is -0.410. The molecule has 88 valence electrons. The van der Waals surface area contributed by atoms with Crippen molar-refractivity contribution in [2.24, 2.45) is 11.3 Å². The van der Waals surface area contributed by atoms with Gasteiger partial charge in [-0.2, -0.15) is 0 Å². The Balaban J connectivity index is 2.47. The molecule has 1 atom stereocenters. The van der Waals surface area contributed by atoms with Gasteiger partial charge in [0.1, 0.15) is 0 Å².